The molecule has 1 spiro atoms. The summed E-state index contributed by atoms with van der Waals surface area (Å²) in [6.07, 6.45) is 6.28. The van der Waals surface area contributed by atoms with Crippen LogP contribution >= 0.6 is 0 Å². The Kier molecular flexibility index (Phi) is 13.3. The molecular weight excluding hydrogens is 829 g/mol. The van der Waals surface area contributed by atoms with Gasteiger partial charge in [-0.1, -0.05) is 45.8 Å². The van der Waals surface area contributed by atoms with Crippen LogP contribution in [0.4, 0.5) is 13.6 Å². The molecule has 2 aliphatic heterocycles. The fourth-order valence-corrected chi connectivity index (χ4v) is 10.1. The molecule has 18 heteroatoms. The summed E-state index contributed by atoms with van der Waals surface area (Å²) < 4.78 is 84.4. The number of nitrogens with one attached hydrogen (secondary N) is 3. The van der Waals surface area contributed by atoms with Gasteiger partial charge in [0.25, 0.3) is 11.8 Å². The van der Waals surface area contributed by atoms with E-state index >= 15 is 8.78 Å². The van der Waals surface area contributed by atoms with E-state index in [2.05, 4.69) is 22.3 Å². The number of nitrogens with zero attached hydrogens (tertiary/aromatic N) is 2. The van der Waals surface area contributed by atoms with E-state index in [1.165, 1.54) is 20.3 Å². The Balaban J connectivity index is 1.37. The zero-order valence-electron chi connectivity index (χ0n) is 37.0. The number of pyridine rings is 1. The molecule has 4 atom stereocenters. The van der Waals surface area contributed by atoms with Crippen LogP contribution in [0.15, 0.2) is 30.4 Å². The summed E-state index contributed by atoms with van der Waals surface area (Å²) in [5.41, 5.74) is -4.44. The van der Waals surface area contributed by atoms with Gasteiger partial charge in [0.1, 0.15) is 35.1 Å². The van der Waals surface area contributed by atoms with Gasteiger partial charge in [-0.15, -0.1) is 0 Å². The molecular formula is C44H61F2N5O10S. The van der Waals surface area contributed by atoms with Gasteiger partial charge >= 0.3 is 6.09 Å². The van der Waals surface area contributed by atoms with Gasteiger partial charge in [-0.25, -0.2) is 27.0 Å². The number of carbonyl (C=O) groups is 4. The highest BCUT2D eigenvalue weighted by Crippen LogP contribution is 2.55. The van der Waals surface area contributed by atoms with Gasteiger partial charge < -0.3 is 34.5 Å². The smallest absolute Gasteiger partial charge is 0.408 e. The van der Waals surface area contributed by atoms with Crippen molar-refractivity contribution in [2.45, 2.75) is 145 Å². The lowest BCUT2D eigenvalue weighted by atomic mass is 9.65. The summed E-state index contributed by atoms with van der Waals surface area (Å²) in [6, 6.07) is 3.21. The maximum absolute atomic E-state index is 17.0. The number of rotatable bonds is 17. The summed E-state index contributed by atoms with van der Waals surface area (Å²) in [4.78, 5) is 61.9. The van der Waals surface area contributed by atoms with Crippen LogP contribution in [0, 0.1) is 5.92 Å². The molecule has 3 N–H and O–H groups in total. The largest absolute Gasteiger partial charge is 0.497 e. The minimum atomic E-state index is -4.12. The van der Waals surface area contributed by atoms with Crippen LogP contribution in [0.3, 0.4) is 0 Å². The molecule has 4 aliphatic rings. The van der Waals surface area contributed by atoms with Crippen molar-refractivity contribution in [3.63, 3.8) is 0 Å². The summed E-state index contributed by atoms with van der Waals surface area (Å²) in [5.74, 6) is -6.95. The van der Waals surface area contributed by atoms with E-state index in [4.69, 9.17) is 23.9 Å². The molecule has 3 heterocycles. The normalized spacial score (nSPS) is 24.9. The maximum atomic E-state index is 17.0. The molecule has 6 rings (SSSR count). The zero-order chi connectivity index (χ0) is 45.5. The molecule has 2 saturated carbocycles. The molecule has 4 amide bonds. The lowest BCUT2D eigenvalue weighted by Gasteiger charge is -2.47. The first-order chi connectivity index (χ1) is 29.1. The van der Waals surface area contributed by atoms with Crippen LogP contribution in [0.1, 0.15) is 123 Å². The van der Waals surface area contributed by atoms with Crippen molar-refractivity contribution < 1.29 is 55.3 Å². The third kappa shape index (κ3) is 9.36. The Morgan fingerprint density at radius 2 is 1.84 bits per heavy atom. The Hall–Kier alpha value is -4.58. The van der Waals surface area contributed by atoms with Gasteiger partial charge in [0, 0.05) is 24.8 Å². The lowest BCUT2D eigenvalue weighted by Crippen LogP contribution is -2.70. The molecule has 0 radical (unpaired) electrons. The van der Waals surface area contributed by atoms with Gasteiger partial charge in [0.2, 0.25) is 21.8 Å². The quantitative estimate of drug-likeness (QED) is 0.122. The first kappa shape index (κ1) is 46.9. The summed E-state index contributed by atoms with van der Waals surface area (Å²) >= 11 is 0. The summed E-state index contributed by atoms with van der Waals surface area (Å²) in [7, 11) is -1.26. The van der Waals surface area contributed by atoms with Gasteiger partial charge in [0.15, 0.2) is 5.75 Å². The fraction of sp³-hybridized carbons (Fsp3) is 0.659. The number of sulfonamides is 1. The summed E-state index contributed by atoms with van der Waals surface area (Å²) in [6.45, 7) is 9.30. The van der Waals surface area contributed by atoms with E-state index in [1.54, 1.807) is 46.8 Å². The van der Waals surface area contributed by atoms with Crippen LogP contribution < -0.4 is 24.8 Å². The number of ether oxygens (including phenoxy) is 4. The highest BCUT2D eigenvalue weighted by atomic mass is 32.2. The molecule has 0 bridgehead atoms. The molecule has 1 aromatic carbocycles. The number of fused-ring (bicyclic) bond motifs is 3. The van der Waals surface area contributed by atoms with Crippen LogP contribution in [0.2, 0.25) is 0 Å². The second kappa shape index (κ2) is 17.5. The number of alkyl carbamates (subject to hydrolysis) is 1. The Bertz CT molecular complexity index is 2210. The highest BCUT2D eigenvalue weighted by Gasteiger charge is 2.62. The van der Waals surface area contributed by atoms with Crippen molar-refractivity contribution in [3.8, 4) is 11.5 Å². The SMILES string of the molecule is CCCCC/C=C\[C@@H]1CC[C@]1(NC(=O)[C@@H]1C[C@@]2(CN1C(=O)CNC(=O)OC(C)(C)COC)CC(F)(F)c1c(c(C(C)C)nc3ccc(OC)cc13)O2)C(=O)NS(=O)(=O)C1(C)CC1. The topological polar surface area (TPSA) is 192 Å². The van der Waals surface area contributed by atoms with Crippen LogP contribution in [0.25, 0.3) is 10.9 Å². The number of unbranched alkanes of at least 4 members (excludes halogenated alkanes) is 3. The first-order valence-corrected chi connectivity index (χ1v) is 22.9. The number of benzene rings is 1. The second-order valence-electron chi connectivity index (χ2n) is 18.5. The molecule has 62 heavy (non-hydrogen) atoms. The number of carbonyl (C=O) groups excluding carboxylic acids is 4. The van der Waals surface area contributed by atoms with Crippen molar-refractivity contribution in [2.75, 3.05) is 33.9 Å². The van der Waals surface area contributed by atoms with Gasteiger partial charge in [-0.05, 0) is 83.4 Å². The van der Waals surface area contributed by atoms with Crippen molar-refractivity contribution in [1.29, 1.82) is 0 Å². The maximum Gasteiger partial charge on any atom is 0.408 e. The lowest BCUT2D eigenvalue weighted by molar-refractivity contribution is -0.143. The van der Waals surface area contributed by atoms with Crippen molar-refractivity contribution in [2.24, 2.45) is 5.92 Å². The number of methoxy groups -OCH3 is 2. The van der Waals surface area contributed by atoms with Crippen LogP contribution in [-0.2, 0) is 39.8 Å². The van der Waals surface area contributed by atoms with Crippen molar-refractivity contribution in [1.82, 2.24) is 25.2 Å². The van der Waals surface area contributed by atoms with Crippen molar-refractivity contribution in [3.05, 3.63) is 41.6 Å². The minimum absolute atomic E-state index is 0.0539. The number of amides is 4. The average Bonchev–Trinajstić information content (AvgIpc) is 3.85. The monoisotopic (exact) mass is 889 g/mol. The van der Waals surface area contributed by atoms with Gasteiger partial charge in [-0.3, -0.25) is 19.1 Å². The van der Waals surface area contributed by atoms with E-state index in [0.717, 1.165) is 24.2 Å². The molecule has 3 fully saturated rings. The minimum Gasteiger partial charge on any atom is -0.497 e. The first-order valence-electron chi connectivity index (χ1n) is 21.4. The molecule has 2 aliphatic carbocycles. The van der Waals surface area contributed by atoms with E-state index < -0.39 is 99.1 Å². The predicted octanol–water partition coefficient (Wildman–Crippen LogP) is 6.13. The number of hydrogen-bond acceptors (Lipinski definition) is 11. The Morgan fingerprint density at radius 1 is 1.11 bits per heavy atom. The number of halogens is 2. The van der Waals surface area contributed by atoms with E-state index in [9.17, 15) is 27.6 Å². The third-order valence-corrected chi connectivity index (χ3v) is 14.8. The molecule has 0 unspecified atom stereocenters. The molecule has 2 aromatic rings. The van der Waals surface area contributed by atoms with Crippen LogP contribution in [-0.4, -0.2) is 104 Å². The number of alkyl halides is 2. The average molecular weight is 890 g/mol. The summed E-state index contributed by atoms with van der Waals surface area (Å²) in [5, 5.41) is 5.37. The van der Waals surface area contributed by atoms with Gasteiger partial charge in [-0.2, -0.15) is 0 Å². The van der Waals surface area contributed by atoms with Crippen LogP contribution in [0.5, 0.6) is 11.5 Å². The van der Waals surface area contributed by atoms with Crippen molar-refractivity contribution >= 4 is 44.7 Å². The molecule has 1 saturated heterocycles. The second-order valence-corrected chi connectivity index (χ2v) is 20.7. The number of aromatic nitrogens is 1. The number of allylic oxidation sites excluding steroid dienone is 1. The third-order valence-electron chi connectivity index (χ3n) is 12.6. The zero-order valence-corrected chi connectivity index (χ0v) is 37.8. The van der Waals surface area contributed by atoms with Gasteiger partial charge in [0.05, 0.1) is 48.2 Å². The van der Waals surface area contributed by atoms with E-state index in [-0.39, 0.29) is 41.3 Å². The molecule has 1 aromatic heterocycles. The van der Waals surface area contributed by atoms with E-state index in [0.29, 0.717) is 36.9 Å². The highest BCUT2D eigenvalue weighted by molar-refractivity contribution is 7.91. The number of likely N-dealkylation sites (tertiary alicyclic amines) is 1. The molecule has 342 valence electrons. The Morgan fingerprint density at radius 3 is 2.45 bits per heavy atom. The fourth-order valence-electron chi connectivity index (χ4n) is 8.74. The number of hydrogen-bond donors (Lipinski definition) is 3. The van der Waals surface area contributed by atoms with E-state index in [1.807, 2.05) is 12.2 Å². The standard InChI is InChI=1S/C44H61F2N5O10S/c1-9-10-11-12-13-14-28-17-18-43(28,38(54)50-62(56,57)41(6)19-20-41)49-37(53)32-22-42(25-51(32)33(52)23-47-39(55)61-40(4,5)26-58-7)24-44(45,46)34-30-21-29(59-8)15-16-31(30)48-35(27(2)3)36(34)60-42/h13-16,21,27-28,32H,9-12,17-20,22-26H2,1-8H3,(H,47,55)(H,49,53)(H,50,54)/b14-13-/t28-,32+,42+,43-/m1/s1. The Labute approximate surface area is 362 Å². The predicted molar refractivity (Wildman–Crippen MR) is 226 cm³/mol. The molecule has 15 nitrogen and oxygen atoms in total.